The lowest BCUT2D eigenvalue weighted by Gasteiger charge is -2.30. The summed E-state index contributed by atoms with van der Waals surface area (Å²) in [5.41, 5.74) is 1.19. The van der Waals surface area contributed by atoms with Gasteiger partial charge in [-0.25, -0.2) is 4.98 Å². The molecule has 0 spiro atoms. The summed E-state index contributed by atoms with van der Waals surface area (Å²) in [6.07, 6.45) is 0. The smallest absolute Gasteiger partial charge is 0.255 e. The van der Waals surface area contributed by atoms with Crippen molar-refractivity contribution in [2.45, 2.75) is 26.1 Å². The molecule has 3 rings (SSSR count). The first kappa shape index (κ1) is 21.8. The van der Waals surface area contributed by atoms with E-state index in [4.69, 9.17) is 14.2 Å². The first-order chi connectivity index (χ1) is 14.5. The number of rotatable bonds is 8. The number of hydrogen-bond acceptors (Lipinski definition) is 7. The van der Waals surface area contributed by atoms with Crippen molar-refractivity contribution in [3.8, 4) is 5.75 Å². The molecular formula is C21H28N4O5. The van der Waals surface area contributed by atoms with Gasteiger partial charge in [-0.1, -0.05) is 12.1 Å². The molecule has 0 saturated carbocycles. The average Bonchev–Trinajstić information content (AvgIpc) is 2.76. The summed E-state index contributed by atoms with van der Waals surface area (Å²) in [4.78, 5) is 32.0. The predicted octanol–water partition coefficient (Wildman–Crippen LogP) is 1.11. The van der Waals surface area contributed by atoms with Gasteiger partial charge < -0.3 is 24.4 Å². The second-order valence-corrected chi connectivity index (χ2v) is 7.07. The van der Waals surface area contributed by atoms with Gasteiger partial charge in [0.2, 0.25) is 11.9 Å². The van der Waals surface area contributed by atoms with Crippen LogP contribution in [0.25, 0.3) is 0 Å². The lowest BCUT2D eigenvalue weighted by atomic mass is 10.1. The van der Waals surface area contributed by atoms with E-state index in [1.54, 1.807) is 14.2 Å². The van der Waals surface area contributed by atoms with Gasteiger partial charge in [0.15, 0.2) is 0 Å². The van der Waals surface area contributed by atoms with E-state index < -0.39 is 0 Å². The number of carbonyl (C=O) groups excluding carboxylic acids is 1. The highest BCUT2D eigenvalue weighted by Gasteiger charge is 2.21. The highest BCUT2D eigenvalue weighted by molar-refractivity contribution is 5.76. The Bertz CT molecular complexity index is 907. The van der Waals surface area contributed by atoms with Gasteiger partial charge in [-0.2, -0.15) is 0 Å². The molecular weight excluding hydrogens is 388 g/mol. The van der Waals surface area contributed by atoms with Crippen molar-refractivity contribution in [3.05, 3.63) is 51.9 Å². The maximum Gasteiger partial charge on any atom is 0.255 e. The Balaban J connectivity index is 1.78. The van der Waals surface area contributed by atoms with Crippen LogP contribution in [0.5, 0.6) is 5.75 Å². The monoisotopic (exact) mass is 416 g/mol. The van der Waals surface area contributed by atoms with E-state index in [-0.39, 0.29) is 30.7 Å². The van der Waals surface area contributed by atoms with Gasteiger partial charge in [0.05, 0.1) is 38.7 Å². The number of hydrogen-bond donors (Lipinski definition) is 1. The van der Waals surface area contributed by atoms with Crippen LogP contribution in [-0.2, 0) is 27.4 Å². The molecule has 1 fully saturated rings. The summed E-state index contributed by atoms with van der Waals surface area (Å²) in [5, 5.41) is 2.94. The Labute approximate surface area is 175 Å². The summed E-state index contributed by atoms with van der Waals surface area (Å²) in [6.45, 7) is 4.31. The van der Waals surface area contributed by atoms with Gasteiger partial charge in [-0.3, -0.25) is 14.2 Å². The summed E-state index contributed by atoms with van der Waals surface area (Å²) in [6, 6.07) is 8.68. The van der Waals surface area contributed by atoms with Crippen LogP contribution >= 0.6 is 0 Å². The van der Waals surface area contributed by atoms with Gasteiger partial charge in [-0.05, 0) is 24.6 Å². The molecule has 162 valence electrons. The highest BCUT2D eigenvalue weighted by atomic mass is 16.5. The van der Waals surface area contributed by atoms with Crippen LogP contribution in [0.2, 0.25) is 0 Å². The molecule has 9 heteroatoms. The predicted molar refractivity (Wildman–Crippen MR) is 112 cm³/mol. The van der Waals surface area contributed by atoms with Gasteiger partial charge in [-0.15, -0.1) is 0 Å². The number of aromatic nitrogens is 2. The lowest BCUT2D eigenvalue weighted by Crippen LogP contribution is -2.42. The van der Waals surface area contributed by atoms with Crippen molar-refractivity contribution >= 4 is 11.9 Å². The Kier molecular flexibility index (Phi) is 7.42. The van der Waals surface area contributed by atoms with Crippen molar-refractivity contribution in [3.63, 3.8) is 0 Å². The Morgan fingerprint density at radius 3 is 2.57 bits per heavy atom. The first-order valence-corrected chi connectivity index (χ1v) is 9.87. The largest absolute Gasteiger partial charge is 0.497 e. The van der Waals surface area contributed by atoms with Crippen LogP contribution < -0.4 is 20.5 Å². The fraction of sp³-hybridized carbons (Fsp3) is 0.476. The van der Waals surface area contributed by atoms with Crippen LogP contribution in [-0.4, -0.2) is 56.0 Å². The van der Waals surface area contributed by atoms with Gasteiger partial charge in [0.25, 0.3) is 5.56 Å². The zero-order valence-electron chi connectivity index (χ0n) is 17.6. The Morgan fingerprint density at radius 1 is 1.23 bits per heavy atom. The number of nitrogens with zero attached hydrogens (tertiary/aromatic N) is 3. The minimum atomic E-state index is -0.286. The minimum absolute atomic E-state index is 0.119. The van der Waals surface area contributed by atoms with Gasteiger partial charge in [0, 0.05) is 26.3 Å². The standard InChI is InChI=1S/C21H28N4O5/c1-15(16-4-6-18(29-3)7-5-16)22-19(26)13-25-20(27)12-17(14-28-2)23-21(25)24-8-10-30-11-9-24/h4-7,12,15H,8-11,13-14H2,1-3H3,(H,22,26)/t15-/m1/s1. The third-order valence-corrected chi connectivity index (χ3v) is 4.92. The number of anilines is 1. The molecule has 1 aliphatic rings. The van der Waals surface area contributed by atoms with Gasteiger partial charge in [0.1, 0.15) is 12.3 Å². The van der Waals surface area contributed by atoms with Crippen molar-refractivity contribution in [1.29, 1.82) is 0 Å². The second-order valence-electron chi connectivity index (χ2n) is 7.07. The summed E-state index contributed by atoms with van der Waals surface area (Å²) < 4.78 is 17.1. The molecule has 0 bridgehead atoms. The highest BCUT2D eigenvalue weighted by Crippen LogP contribution is 2.18. The number of ether oxygens (including phenoxy) is 3. The number of morpholine rings is 1. The van der Waals surface area contributed by atoms with Crippen LogP contribution in [0.3, 0.4) is 0 Å². The van der Waals surface area contributed by atoms with E-state index in [1.807, 2.05) is 36.1 Å². The molecule has 1 N–H and O–H groups in total. The first-order valence-electron chi connectivity index (χ1n) is 9.87. The fourth-order valence-electron chi connectivity index (χ4n) is 3.32. The number of amides is 1. The van der Waals surface area contributed by atoms with E-state index >= 15 is 0 Å². The molecule has 1 amide bonds. The molecule has 9 nitrogen and oxygen atoms in total. The quantitative estimate of drug-likeness (QED) is 0.689. The maximum atomic E-state index is 12.8. The van der Waals surface area contributed by atoms with Gasteiger partial charge >= 0.3 is 0 Å². The van der Waals surface area contributed by atoms with E-state index in [0.717, 1.165) is 11.3 Å². The topological polar surface area (TPSA) is 94.9 Å². The average molecular weight is 416 g/mol. The number of methoxy groups -OCH3 is 2. The molecule has 1 atom stereocenters. The summed E-state index contributed by atoms with van der Waals surface area (Å²) >= 11 is 0. The molecule has 1 aromatic carbocycles. The normalized spacial score (nSPS) is 15.0. The molecule has 2 aromatic rings. The molecule has 0 aliphatic carbocycles. The number of benzene rings is 1. The van der Waals surface area contributed by atoms with E-state index in [0.29, 0.717) is 37.9 Å². The van der Waals surface area contributed by atoms with E-state index in [1.165, 1.54) is 10.6 Å². The molecule has 1 aliphatic heterocycles. The Morgan fingerprint density at radius 2 is 1.93 bits per heavy atom. The van der Waals surface area contributed by atoms with Crippen molar-refractivity contribution in [2.24, 2.45) is 0 Å². The molecule has 30 heavy (non-hydrogen) atoms. The third kappa shape index (κ3) is 5.37. The Hall–Kier alpha value is -2.91. The third-order valence-electron chi connectivity index (χ3n) is 4.92. The van der Waals surface area contributed by atoms with E-state index in [2.05, 4.69) is 10.3 Å². The van der Waals surface area contributed by atoms with Crippen molar-refractivity contribution in [1.82, 2.24) is 14.9 Å². The second kappa shape index (κ2) is 10.2. The van der Waals surface area contributed by atoms with E-state index in [9.17, 15) is 9.59 Å². The number of nitrogens with one attached hydrogen (secondary N) is 1. The molecule has 1 aromatic heterocycles. The van der Waals surface area contributed by atoms with Crippen molar-refractivity contribution in [2.75, 3.05) is 45.4 Å². The summed E-state index contributed by atoms with van der Waals surface area (Å²) in [7, 11) is 3.16. The zero-order valence-corrected chi connectivity index (χ0v) is 17.6. The SMILES string of the molecule is COCc1cc(=O)n(CC(=O)N[C@H](C)c2ccc(OC)cc2)c(N2CCOCC2)n1. The van der Waals surface area contributed by atoms with Crippen LogP contribution in [0.1, 0.15) is 24.2 Å². The number of carbonyl (C=O) groups is 1. The minimum Gasteiger partial charge on any atom is -0.497 e. The van der Waals surface area contributed by atoms with Crippen molar-refractivity contribution < 1.29 is 19.0 Å². The molecule has 1 saturated heterocycles. The molecule has 2 heterocycles. The van der Waals surface area contributed by atoms with Crippen LogP contribution in [0.15, 0.2) is 35.1 Å². The molecule has 0 radical (unpaired) electrons. The zero-order chi connectivity index (χ0) is 21.5. The summed E-state index contributed by atoms with van der Waals surface area (Å²) in [5.74, 6) is 0.947. The lowest BCUT2D eigenvalue weighted by molar-refractivity contribution is -0.122. The fourth-order valence-corrected chi connectivity index (χ4v) is 3.32. The maximum absolute atomic E-state index is 12.8. The van der Waals surface area contributed by atoms with Crippen LogP contribution in [0, 0.1) is 0 Å². The molecule has 0 unspecified atom stereocenters. The van der Waals surface area contributed by atoms with Crippen LogP contribution in [0.4, 0.5) is 5.95 Å².